The summed E-state index contributed by atoms with van der Waals surface area (Å²) >= 11 is 0. The van der Waals surface area contributed by atoms with Crippen LogP contribution in [0.1, 0.15) is 10.4 Å². The van der Waals surface area contributed by atoms with Gasteiger partial charge in [0.25, 0.3) is 11.6 Å². The fraction of sp³-hybridized carbons (Fsp3) is 0. The van der Waals surface area contributed by atoms with Crippen LogP contribution in [0, 0.1) is 10.1 Å². The molecule has 1 aromatic rings. The topological polar surface area (TPSA) is 105 Å². The van der Waals surface area contributed by atoms with Crippen LogP contribution in [0.3, 0.4) is 0 Å². The van der Waals surface area contributed by atoms with Gasteiger partial charge >= 0.3 is 0 Å². The zero-order valence-electron chi connectivity index (χ0n) is 6.30. The maximum Gasteiger partial charge on any atom is 0.288 e. The number of hydrogen-bond donors (Lipinski definition) is 2. The van der Waals surface area contributed by atoms with Gasteiger partial charge in [-0.25, -0.2) is 5.48 Å². The fourth-order valence-corrected chi connectivity index (χ4v) is 0.716. The molecule has 0 bridgehead atoms. The second-order valence-electron chi connectivity index (χ2n) is 2.13. The van der Waals surface area contributed by atoms with Crippen LogP contribution < -0.4 is 5.48 Å². The number of nitrogens with zero attached hydrogens (tertiary/aromatic N) is 2. The smallest absolute Gasteiger partial charge is 0.288 e. The molecule has 2 N–H and O–H groups in total. The van der Waals surface area contributed by atoms with Gasteiger partial charge in [-0.3, -0.25) is 25.1 Å². The van der Waals surface area contributed by atoms with E-state index in [1.165, 1.54) is 5.48 Å². The molecule has 0 aliphatic rings. The van der Waals surface area contributed by atoms with Crippen molar-refractivity contribution >= 4 is 11.6 Å². The van der Waals surface area contributed by atoms with Gasteiger partial charge in [0.1, 0.15) is 6.20 Å². The highest BCUT2D eigenvalue weighted by atomic mass is 16.6. The monoisotopic (exact) mass is 183 g/mol. The third-order valence-corrected chi connectivity index (χ3v) is 1.30. The highest BCUT2D eigenvalue weighted by molar-refractivity contribution is 5.93. The van der Waals surface area contributed by atoms with E-state index < -0.39 is 10.8 Å². The molecule has 0 radical (unpaired) electrons. The minimum atomic E-state index is -0.837. The average molecular weight is 183 g/mol. The lowest BCUT2D eigenvalue weighted by molar-refractivity contribution is -0.385. The van der Waals surface area contributed by atoms with Crippen LogP contribution >= 0.6 is 0 Å². The first-order valence-corrected chi connectivity index (χ1v) is 3.19. The Morgan fingerprint density at radius 3 is 2.85 bits per heavy atom. The first kappa shape index (κ1) is 9.07. The molecule has 0 unspecified atom stereocenters. The van der Waals surface area contributed by atoms with E-state index in [1.54, 1.807) is 0 Å². The van der Waals surface area contributed by atoms with Gasteiger partial charge in [0.15, 0.2) is 0 Å². The van der Waals surface area contributed by atoms with E-state index in [1.807, 2.05) is 0 Å². The Bertz CT molecular complexity index is 351. The third kappa shape index (κ3) is 1.97. The molecular formula is C6H5N3O4. The number of nitro groups is 1. The number of rotatable bonds is 2. The average Bonchev–Trinajstić information content (AvgIpc) is 2.17. The van der Waals surface area contributed by atoms with Crippen LogP contribution in [0.5, 0.6) is 0 Å². The van der Waals surface area contributed by atoms with E-state index in [2.05, 4.69) is 4.98 Å². The molecule has 0 spiro atoms. The van der Waals surface area contributed by atoms with Crippen molar-refractivity contribution in [3.05, 3.63) is 34.1 Å². The van der Waals surface area contributed by atoms with Gasteiger partial charge < -0.3 is 0 Å². The Balaban J connectivity index is 3.05. The highest BCUT2D eigenvalue weighted by Crippen LogP contribution is 2.10. The van der Waals surface area contributed by atoms with E-state index in [9.17, 15) is 14.9 Å². The second kappa shape index (κ2) is 3.59. The maximum atomic E-state index is 10.8. The van der Waals surface area contributed by atoms with Gasteiger partial charge in [-0.2, -0.15) is 0 Å². The van der Waals surface area contributed by atoms with Gasteiger partial charge in [0.05, 0.1) is 10.5 Å². The van der Waals surface area contributed by atoms with E-state index in [0.717, 1.165) is 18.5 Å². The van der Waals surface area contributed by atoms with Crippen LogP contribution in [0.25, 0.3) is 0 Å². The highest BCUT2D eigenvalue weighted by Gasteiger charge is 2.10. The SMILES string of the molecule is O=C(NO)c1cncc([N+](=O)[O-])c1. The third-order valence-electron chi connectivity index (χ3n) is 1.30. The molecule has 0 aliphatic heterocycles. The number of hydroxylamine groups is 1. The quantitative estimate of drug-likeness (QED) is 0.384. The van der Waals surface area contributed by atoms with Crippen molar-refractivity contribution in [2.24, 2.45) is 0 Å². The van der Waals surface area contributed by atoms with Gasteiger partial charge in [-0.05, 0) is 0 Å². The minimum Gasteiger partial charge on any atom is -0.288 e. The zero-order valence-corrected chi connectivity index (χ0v) is 6.30. The summed E-state index contributed by atoms with van der Waals surface area (Å²) in [5.41, 5.74) is 0.969. The molecule has 0 saturated heterocycles. The lowest BCUT2D eigenvalue weighted by Gasteiger charge is -1.96. The molecule has 0 atom stereocenters. The molecule has 0 saturated carbocycles. The number of pyridine rings is 1. The molecule has 7 nitrogen and oxygen atoms in total. The second-order valence-corrected chi connectivity index (χ2v) is 2.13. The number of hydrogen-bond acceptors (Lipinski definition) is 5. The summed E-state index contributed by atoms with van der Waals surface area (Å²) in [6, 6.07) is 1.01. The van der Waals surface area contributed by atoms with E-state index in [-0.39, 0.29) is 11.3 Å². The summed E-state index contributed by atoms with van der Waals surface area (Å²) in [6.07, 6.45) is 2.12. The van der Waals surface area contributed by atoms with Crippen molar-refractivity contribution < 1.29 is 14.9 Å². The first-order valence-electron chi connectivity index (χ1n) is 3.19. The normalized spacial score (nSPS) is 9.31. The first-order chi connectivity index (χ1) is 6.15. The summed E-state index contributed by atoms with van der Waals surface area (Å²) in [7, 11) is 0. The van der Waals surface area contributed by atoms with E-state index in [4.69, 9.17) is 5.21 Å². The van der Waals surface area contributed by atoms with Crippen molar-refractivity contribution in [1.29, 1.82) is 0 Å². The molecule has 1 aromatic heterocycles. The van der Waals surface area contributed by atoms with Crippen LogP contribution in [0.2, 0.25) is 0 Å². The Labute approximate surface area is 72.1 Å². The molecule has 1 heterocycles. The van der Waals surface area contributed by atoms with Crippen LogP contribution in [0.4, 0.5) is 5.69 Å². The number of carbonyl (C=O) groups is 1. The minimum absolute atomic E-state index is 0.0725. The van der Waals surface area contributed by atoms with Crippen molar-refractivity contribution in [2.75, 3.05) is 0 Å². The summed E-state index contributed by atoms with van der Waals surface area (Å²) in [6.45, 7) is 0. The fourth-order valence-electron chi connectivity index (χ4n) is 0.716. The summed E-state index contributed by atoms with van der Waals surface area (Å²) in [5, 5.41) is 18.5. The van der Waals surface area contributed by atoms with Crippen molar-refractivity contribution in [3.8, 4) is 0 Å². The van der Waals surface area contributed by atoms with Crippen molar-refractivity contribution in [3.63, 3.8) is 0 Å². The Morgan fingerprint density at radius 1 is 1.62 bits per heavy atom. The predicted octanol–water partition coefficient (Wildman–Crippen LogP) is 0.109. The number of carbonyl (C=O) groups excluding carboxylic acids is 1. The molecule has 0 fully saturated rings. The van der Waals surface area contributed by atoms with Crippen molar-refractivity contribution in [2.45, 2.75) is 0 Å². The molecular weight excluding hydrogens is 178 g/mol. The van der Waals surface area contributed by atoms with Gasteiger partial charge in [0.2, 0.25) is 0 Å². The Kier molecular flexibility index (Phi) is 2.50. The molecule has 68 valence electrons. The summed E-state index contributed by atoms with van der Waals surface area (Å²) in [5.74, 6) is -0.837. The molecule has 7 heteroatoms. The Hall–Kier alpha value is -2.02. The molecule has 13 heavy (non-hydrogen) atoms. The Morgan fingerprint density at radius 2 is 2.31 bits per heavy atom. The van der Waals surface area contributed by atoms with Crippen LogP contribution in [-0.2, 0) is 0 Å². The van der Waals surface area contributed by atoms with E-state index >= 15 is 0 Å². The lowest BCUT2D eigenvalue weighted by atomic mass is 10.2. The van der Waals surface area contributed by atoms with Crippen molar-refractivity contribution in [1.82, 2.24) is 10.5 Å². The standard InChI is InChI=1S/C6H5N3O4/c10-6(8-11)4-1-5(9(12)13)3-7-2-4/h1-3,11H,(H,8,10). The zero-order chi connectivity index (χ0) is 9.84. The molecule has 1 amide bonds. The largest absolute Gasteiger partial charge is 0.288 e. The van der Waals surface area contributed by atoms with Gasteiger partial charge in [-0.15, -0.1) is 0 Å². The molecule has 1 rings (SSSR count). The van der Waals surface area contributed by atoms with Crippen LogP contribution in [0.15, 0.2) is 18.5 Å². The summed E-state index contributed by atoms with van der Waals surface area (Å²) < 4.78 is 0. The molecule has 0 aromatic carbocycles. The predicted molar refractivity (Wildman–Crippen MR) is 40.1 cm³/mol. The number of amides is 1. The van der Waals surface area contributed by atoms with Gasteiger partial charge in [0, 0.05) is 12.3 Å². The van der Waals surface area contributed by atoms with Crippen LogP contribution in [-0.4, -0.2) is 21.0 Å². The lowest BCUT2D eigenvalue weighted by Crippen LogP contribution is -2.18. The summed E-state index contributed by atoms with van der Waals surface area (Å²) in [4.78, 5) is 23.8. The maximum absolute atomic E-state index is 10.8. The number of nitrogens with one attached hydrogen (secondary N) is 1. The van der Waals surface area contributed by atoms with Gasteiger partial charge in [-0.1, -0.05) is 0 Å². The number of aromatic nitrogens is 1. The molecule has 0 aliphatic carbocycles. The van der Waals surface area contributed by atoms with E-state index in [0.29, 0.717) is 0 Å².